The van der Waals surface area contributed by atoms with E-state index in [4.69, 9.17) is 10.00 Å². The third-order valence-corrected chi connectivity index (χ3v) is 4.18. The van der Waals surface area contributed by atoms with Crippen LogP contribution in [0.5, 0.6) is 5.75 Å². The summed E-state index contributed by atoms with van der Waals surface area (Å²) in [6.07, 6.45) is 2.04. The van der Waals surface area contributed by atoms with Crippen LogP contribution in [0.25, 0.3) is 0 Å². The number of amides is 1. The van der Waals surface area contributed by atoms with Crippen molar-refractivity contribution in [3.63, 3.8) is 0 Å². The van der Waals surface area contributed by atoms with Crippen molar-refractivity contribution in [1.82, 2.24) is 15.3 Å². The molecule has 1 heterocycles. The fraction of sp³-hybridized carbons (Fsp3) is 0.455. The minimum atomic E-state index is -0.499. The minimum Gasteiger partial charge on any atom is -0.497 e. The number of hydrogen-bond acceptors (Lipinski definition) is 6. The van der Waals surface area contributed by atoms with E-state index < -0.39 is 5.54 Å². The van der Waals surface area contributed by atoms with Gasteiger partial charge in [-0.2, -0.15) is 5.26 Å². The number of carbonyl (C=O) groups is 1. The molecule has 2 rings (SSSR count). The van der Waals surface area contributed by atoms with Gasteiger partial charge in [0.2, 0.25) is 5.82 Å². The van der Waals surface area contributed by atoms with Crippen LogP contribution in [0.3, 0.4) is 0 Å². The Morgan fingerprint density at radius 3 is 2.38 bits per heavy atom. The zero-order valence-corrected chi connectivity index (χ0v) is 18.0. The maximum Gasteiger partial charge on any atom is 0.257 e. The van der Waals surface area contributed by atoms with Crippen molar-refractivity contribution in [3.05, 3.63) is 47.4 Å². The molecule has 7 heteroatoms. The summed E-state index contributed by atoms with van der Waals surface area (Å²) in [7, 11) is 1.63. The van der Waals surface area contributed by atoms with Gasteiger partial charge in [-0.25, -0.2) is 9.97 Å². The number of carbonyl (C=O) groups excluding carboxylic acids is 1. The number of nitriles is 1. The smallest absolute Gasteiger partial charge is 0.257 e. The number of aromatic nitrogens is 2. The first-order valence-corrected chi connectivity index (χ1v) is 9.49. The fourth-order valence-corrected chi connectivity index (χ4v) is 2.76. The number of rotatable bonds is 7. The molecule has 0 aliphatic carbocycles. The van der Waals surface area contributed by atoms with E-state index in [9.17, 15) is 4.79 Å². The Morgan fingerprint density at radius 1 is 1.17 bits per heavy atom. The van der Waals surface area contributed by atoms with Crippen LogP contribution in [0.4, 0.5) is 5.82 Å². The van der Waals surface area contributed by atoms with Crippen LogP contribution in [0.2, 0.25) is 0 Å². The zero-order valence-electron chi connectivity index (χ0n) is 18.0. The molecule has 0 unspecified atom stereocenters. The highest BCUT2D eigenvalue weighted by Crippen LogP contribution is 2.20. The van der Waals surface area contributed by atoms with Crippen molar-refractivity contribution in [1.29, 1.82) is 5.26 Å². The number of nitrogens with zero attached hydrogens (tertiary/aromatic N) is 3. The van der Waals surface area contributed by atoms with Crippen LogP contribution < -0.4 is 15.4 Å². The van der Waals surface area contributed by atoms with Gasteiger partial charge in [-0.15, -0.1) is 0 Å². The minimum absolute atomic E-state index is 0.0147. The molecule has 0 aliphatic rings. The normalized spacial score (nSPS) is 11.5. The number of benzene rings is 1. The Hall–Kier alpha value is -3.14. The Labute approximate surface area is 172 Å². The van der Waals surface area contributed by atoms with Gasteiger partial charge in [-0.3, -0.25) is 4.79 Å². The van der Waals surface area contributed by atoms with E-state index in [-0.39, 0.29) is 17.1 Å². The lowest BCUT2D eigenvalue weighted by molar-refractivity contribution is 0.0913. The molecule has 0 saturated heterocycles. The van der Waals surface area contributed by atoms with Gasteiger partial charge in [0, 0.05) is 18.3 Å². The first-order valence-electron chi connectivity index (χ1n) is 9.49. The Morgan fingerprint density at radius 2 is 1.83 bits per heavy atom. The summed E-state index contributed by atoms with van der Waals surface area (Å²) in [5.41, 5.74) is 0.884. The highest BCUT2D eigenvalue weighted by atomic mass is 16.5. The molecule has 0 fully saturated rings. The van der Waals surface area contributed by atoms with Gasteiger partial charge in [-0.1, -0.05) is 32.9 Å². The number of ether oxygens (including phenoxy) is 1. The molecule has 2 aromatic rings. The number of anilines is 1. The third-order valence-electron chi connectivity index (χ3n) is 4.18. The van der Waals surface area contributed by atoms with Gasteiger partial charge in [-0.05, 0) is 43.4 Å². The topological polar surface area (TPSA) is 99.9 Å². The van der Waals surface area contributed by atoms with E-state index >= 15 is 0 Å². The Balaban J connectivity index is 2.18. The monoisotopic (exact) mass is 395 g/mol. The van der Waals surface area contributed by atoms with Crippen molar-refractivity contribution in [2.75, 3.05) is 19.0 Å². The summed E-state index contributed by atoms with van der Waals surface area (Å²) in [5, 5.41) is 15.3. The molecule has 7 nitrogen and oxygen atoms in total. The molecule has 0 spiro atoms. The maximum absolute atomic E-state index is 13.0. The quantitative estimate of drug-likeness (QED) is 0.743. The first-order chi connectivity index (χ1) is 13.5. The van der Waals surface area contributed by atoms with E-state index in [1.54, 1.807) is 7.11 Å². The predicted octanol–water partition coefficient (Wildman–Crippen LogP) is 3.57. The Bertz CT molecular complexity index is 893. The molecule has 0 bridgehead atoms. The summed E-state index contributed by atoms with van der Waals surface area (Å²) < 4.78 is 5.19. The van der Waals surface area contributed by atoms with Gasteiger partial charge in [0.1, 0.15) is 23.2 Å². The van der Waals surface area contributed by atoms with Crippen LogP contribution in [0.1, 0.15) is 56.4 Å². The Kier molecular flexibility index (Phi) is 6.80. The van der Waals surface area contributed by atoms with Crippen LogP contribution in [0, 0.1) is 16.7 Å². The standard InChI is InChI=1S/C22H29N5O2/c1-21(2,3)14-25-19-17(13-24-18(12-23)26-19)20(28)27-22(4,5)11-15-7-9-16(29-6)10-8-15/h7-10,13H,11,14H2,1-6H3,(H,27,28)(H,24,25,26). The van der Waals surface area contributed by atoms with E-state index in [0.717, 1.165) is 11.3 Å². The van der Waals surface area contributed by atoms with E-state index in [2.05, 4.69) is 41.4 Å². The zero-order chi connectivity index (χ0) is 21.7. The highest BCUT2D eigenvalue weighted by Gasteiger charge is 2.25. The van der Waals surface area contributed by atoms with E-state index in [1.807, 2.05) is 44.2 Å². The molecule has 0 saturated carbocycles. The second kappa shape index (κ2) is 8.91. The molecule has 29 heavy (non-hydrogen) atoms. The lowest BCUT2D eigenvalue weighted by atomic mass is 9.94. The molecule has 2 N–H and O–H groups in total. The second-order valence-electron chi connectivity index (χ2n) is 8.84. The highest BCUT2D eigenvalue weighted by molar-refractivity contribution is 5.98. The second-order valence-corrected chi connectivity index (χ2v) is 8.84. The average Bonchev–Trinajstić information content (AvgIpc) is 2.65. The molecular formula is C22H29N5O2. The molecule has 154 valence electrons. The molecule has 0 radical (unpaired) electrons. The summed E-state index contributed by atoms with van der Waals surface area (Å²) in [6.45, 7) is 10.7. The average molecular weight is 396 g/mol. The van der Waals surface area contributed by atoms with Crippen molar-refractivity contribution < 1.29 is 9.53 Å². The molecule has 1 aromatic heterocycles. The summed E-state index contributed by atoms with van der Waals surface area (Å²) >= 11 is 0. The van der Waals surface area contributed by atoms with Crippen LogP contribution in [0.15, 0.2) is 30.5 Å². The number of methoxy groups -OCH3 is 1. The summed E-state index contributed by atoms with van der Waals surface area (Å²) in [4.78, 5) is 21.1. The van der Waals surface area contributed by atoms with Gasteiger partial charge in [0.25, 0.3) is 5.91 Å². The van der Waals surface area contributed by atoms with Gasteiger partial charge in [0.05, 0.1) is 7.11 Å². The maximum atomic E-state index is 13.0. The van der Waals surface area contributed by atoms with Crippen molar-refractivity contribution in [3.8, 4) is 11.8 Å². The third kappa shape index (κ3) is 6.75. The van der Waals surface area contributed by atoms with Crippen molar-refractivity contribution in [2.45, 2.75) is 46.6 Å². The molecular weight excluding hydrogens is 366 g/mol. The first kappa shape index (κ1) is 22.2. The fourth-order valence-electron chi connectivity index (χ4n) is 2.76. The predicted molar refractivity (Wildman–Crippen MR) is 113 cm³/mol. The van der Waals surface area contributed by atoms with Crippen LogP contribution >= 0.6 is 0 Å². The van der Waals surface area contributed by atoms with Crippen LogP contribution in [-0.4, -0.2) is 35.1 Å². The summed E-state index contributed by atoms with van der Waals surface area (Å²) in [5.74, 6) is 0.893. The molecule has 0 atom stereocenters. The van der Waals surface area contributed by atoms with E-state index in [0.29, 0.717) is 24.3 Å². The van der Waals surface area contributed by atoms with Gasteiger partial charge >= 0.3 is 0 Å². The molecule has 0 aliphatic heterocycles. The molecule has 1 aromatic carbocycles. The van der Waals surface area contributed by atoms with Gasteiger partial charge in [0.15, 0.2) is 0 Å². The van der Waals surface area contributed by atoms with Crippen molar-refractivity contribution >= 4 is 11.7 Å². The molecule has 1 amide bonds. The number of nitrogens with one attached hydrogen (secondary N) is 2. The summed E-state index contributed by atoms with van der Waals surface area (Å²) in [6, 6.07) is 9.67. The largest absolute Gasteiger partial charge is 0.497 e. The SMILES string of the molecule is COc1ccc(CC(C)(C)NC(=O)c2cnc(C#N)nc2NCC(C)(C)C)cc1. The van der Waals surface area contributed by atoms with Crippen LogP contribution in [-0.2, 0) is 6.42 Å². The van der Waals surface area contributed by atoms with Crippen molar-refractivity contribution in [2.24, 2.45) is 5.41 Å². The van der Waals surface area contributed by atoms with E-state index in [1.165, 1.54) is 6.20 Å². The lowest BCUT2D eigenvalue weighted by Crippen LogP contribution is -2.45. The lowest BCUT2D eigenvalue weighted by Gasteiger charge is -2.27. The van der Waals surface area contributed by atoms with Gasteiger partial charge < -0.3 is 15.4 Å². The number of hydrogen-bond donors (Lipinski definition) is 2.